The Labute approximate surface area is 105 Å². The molecule has 2 rings (SSSR count). The Morgan fingerprint density at radius 2 is 2.19 bits per heavy atom. The Bertz CT molecular complexity index is 368. The lowest BCUT2D eigenvalue weighted by atomic mass is 10.1. The van der Waals surface area contributed by atoms with Crippen LogP contribution in [0.25, 0.3) is 0 Å². The molecule has 1 saturated heterocycles. The Hall–Kier alpha value is -0.280. The molecule has 0 saturated carbocycles. The Kier molecular flexibility index (Phi) is 4.09. The van der Waals surface area contributed by atoms with Crippen LogP contribution in [-0.4, -0.2) is 12.9 Å². The highest BCUT2D eigenvalue weighted by Gasteiger charge is 2.22. The highest BCUT2D eigenvalue weighted by molar-refractivity contribution is 6.41. The van der Waals surface area contributed by atoms with Crippen molar-refractivity contribution >= 4 is 23.2 Å². The zero-order valence-corrected chi connectivity index (χ0v) is 10.6. The zero-order valence-electron chi connectivity index (χ0n) is 9.08. The van der Waals surface area contributed by atoms with E-state index in [1.165, 1.54) is 0 Å². The average Bonchev–Trinajstić information content (AvgIpc) is 2.66. The minimum Gasteiger partial charge on any atom is -0.352 e. The second kappa shape index (κ2) is 5.37. The molecule has 0 bridgehead atoms. The van der Waals surface area contributed by atoms with Crippen LogP contribution in [0.2, 0.25) is 10.0 Å². The molecule has 0 radical (unpaired) electrons. The van der Waals surface area contributed by atoms with Gasteiger partial charge in [-0.3, -0.25) is 0 Å². The van der Waals surface area contributed by atoms with E-state index < -0.39 is 0 Å². The van der Waals surface area contributed by atoms with Crippen LogP contribution in [0.4, 0.5) is 0 Å². The van der Waals surface area contributed by atoms with Gasteiger partial charge in [-0.25, -0.2) is 0 Å². The largest absolute Gasteiger partial charge is 0.352 e. The third-order valence-corrected chi connectivity index (χ3v) is 3.32. The zero-order chi connectivity index (χ0) is 11.5. The highest BCUT2D eigenvalue weighted by atomic mass is 35.5. The van der Waals surface area contributed by atoms with Crippen LogP contribution in [0.5, 0.6) is 0 Å². The van der Waals surface area contributed by atoms with Gasteiger partial charge in [-0.15, -0.1) is 0 Å². The molecule has 0 aliphatic carbocycles. The summed E-state index contributed by atoms with van der Waals surface area (Å²) in [5.74, 6) is 0.582. The van der Waals surface area contributed by atoms with Gasteiger partial charge in [0.1, 0.15) is 0 Å². The maximum absolute atomic E-state index is 5.91. The SMILES string of the molecule is C[C@H]1COC(OCc2ccc(Cl)c(Cl)c2)C1. The maximum Gasteiger partial charge on any atom is 0.158 e. The first-order valence-corrected chi connectivity index (χ1v) is 6.08. The van der Waals surface area contributed by atoms with Crippen LogP contribution in [-0.2, 0) is 16.1 Å². The first-order chi connectivity index (χ1) is 7.65. The predicted octanol–water partition coefficient (Wildman–Crippen LogP) is 3.89. The molecule has 0 N–H and O–H groups in total. The van der Waals surface area contributed by atoms with E-state index in [-0.39, 0.29) is 6.29 Å². The van der Waals surface area contributed by atoms with Crippen LogP contribution in [0.3, 0.4) is 0 Å². The van der Waals surface area contributed by atoms with Gasteiger partial charge in [0.05, 0.1) is 23.3 Å². The monoisotopic (exact) mass is 260 g/mol. The summed E-state index contributed by atoms with van der Waals surface area (Å²) in [7, 11) is 0. The number of ether oxygens (including phenoxy) is 2. The van der Waals surface area contributed by atoms with Crippen molar-refractivity contribution in [2.75, 3.05) is 6.61 Å². The second-order valence-corrected chi connectivity index (χ2v) is 4.98. The van der Waals surface area contributed by atoms with Crippen molar-refractivity contribution in [3.8, 4) is 0 Å². The highest BCUT2D eigenvalue weighted by Crippen LogP contribution is 2.24. The van der Waals surface area contributed by atoms with E-state index in [0.717, 1.165) is 18.6 Å². The average molecular weight is 261 g/mol. The van der Waals surface area contributed by atoms with Crippen LogP contribution in [0, 0.1) is 5.92 Å². The van der Waals surface area contributed by atoms with Crippen molar-refractivity contribution < 1.29 is 9.47 Å². The van der Waals surface area contributed by atoms with Crippen molar-refractivity contribution in [1.29, 1.82) is 0 Å². The molecule has 1 unspecified atom stereocenters. The summed E-state index contributed by atoms with van der Waals surface area (Å²) in [5.41, 5.74) is 1.01. The van der Waals surface area contributed by atoms with Crippen LogP contribution < -0.4 is 0 Å². The molecule has 16 heavy (non-hydrogen) atoms. The molecule has 1 aliphatic rings. The van der Waals surface area contributed by atoms with E-state index in [2.05, 4.69) is 6.92 Å². The van der Waals surface area contributed by atoms with Crippen molar-refractivity contribution in [2.45, 2.75) is 26.2 Å². The van der Waals surface area contributed by atoms with Gasteiger partial charge in [-0.1, -0.05) is 36.2 Å². The van der Waals surface area contributed by atoms with Gasteiger partial charge >= 0.3 is 0 Å². The van der Waals surface area contributed by atoms with E-state index in [9.17, 15) is 0 Å². The van der Waals surface area contributed by atoms with E-state index in [0.29, 0.717) is 22.6 Å². The smallest absolute Gasteiger partial charge is 0.158 e. The molecule has 2 nitrogen and oxygen atoms in total. The molecule has 0 aromatic heterocycles. The molecular formula is C12H14Cl2O2. The fourth-order valence-corrected chi connectivity index (χ4v) is 1.99. The molecule has 4 heteroatoms. The summed E-state index contributed by atoms with van der Waals surface area (Å²) in [6.45, 7) is 3.45. The summed E-state index contributed by atoms with van der Waals surface area (Å²) in [6.07, 6.45) is 0.880. The van der Waals surface area contributed by atoms with Crippen molar-refractivity contribution in [3.63, 3.8) is 0 Å². The standard InChI is InChI=1S/C12H14Cl2O2/c1-8-4-12(15-6-8)16-7-9-2-3-10(13)11(14)5-9/h2-3,5,8,12H,4,6-7H2,1H3/t8-,12?/m1/s1. The Balaban J connectivity index is 1.87. The van der Waals surface area contributed by atoms with Gasteiger partial charge in [-0.05, 0) is 23.6 Å². The molecule has 0 amide bonds. The van der Waals surface area contributed by atoms with Crippen LogP contribution in [0.1, 0.15) is 18.9 Å². The number of benzene rings is 1. The summed E-state index contributed by atoms with van der Waals surface area (Å²) >= 11 is 11.7. The summed E-state index contributed by atoms with van der Waals surface area (Å²) in [6, 6.07) is 5.51. The fraction of sp³-hybridized carbons (Fsp3) is 0.500. The summed E-state index contributed by atoms with van der Waals surface area (Å²) < 4.78 is 11.1. The maximum atomic E-state index is 5.91. The molecule has 1 heterocycles. The molecular weight excluding hydrogens is 247 g/mol. The fourth-order valence-electron chi connectivity index (χ4n) is 1.67. The lowest BCUT2D eigenvalue weighted by Crippen LogP contribution is -2.10. The Morgan fingerprint density at radius 1 is 1.38 bits per heavy atom. The van der Waals surface area contributed by atoms with E-state index in [4.69, 9.17) is 32.7 Å². The predicted molar refractivity (Wildman–Crippen MR) is 64.8 cm³/mol. The second-order valence-electron chi connectivity index (χ2n) is 4.16. The van der Waals surface area contributed by atoms with Gasteiger partial charge in [0.2, 0.25) is 0 Å². The van der Waals surface area contributed by atoms with Gasteiger partial charge in [0.15, 0.2) is 6.29 Å². The third kappa shape index (κ3) is 3.11. The number of hydrogen-bond acceptors (Lipinski definition) is 2. The molecule has 1 aliphatic heterocycles. The van der Waals surface area contributed by atoms with Crippen molar-refractivity contribution in [2.24, 2.45) is 5.92 Å². The molecule has 1 fully saturated rings. The van der Waals surface area contributed by atoms with Crippen molar-refractivity contribution in [1.82, 2.24) is 0 Å². The van der Waals surface area contributed by atoms with Crippen molar-refractivity contribution in [3.05, 3.63) is 33.8 Å². The normalized spacial score (nSPS) is 24.9. The lowest BCUT2D eigenvalue weighted by molar-refractivity contribution is -0.118. The summed E-state index contributed by atoms with van der Waals surface area (Å²) in [4.78, 5) is 0. The quantitative estimate of drug-likeness (QED) is 0.821. The third-order valence-electron chi connectivity index (χ3n) is 2.58. The minimum atomic E-state index is -0.0792. The molecule has 2 atom stereocenters. The number of hydrogen-bond donors (Lipinski definition) is 0. The topological polar surface area (TPSA) is 18.5 Å². The van der Waals surface area contributed by atoms with Crippen LogP contribution in [0.15, 0.2) is 18.2 Å². The van der Waals surface area contributed by atoms with E-state index >= 15 is 0 Å². The van der Waals surface area contributed by atoms with E-state index in [1.807, 2.05) is 12.1 Å². The molecule has 1 aromatic carbocycles. The van der Waals surface area contributed by atoms with Gasteiger partial charge < -0.3 is 9.47 Å². The number of rotatable bonds is 3. The molecule has 1 aromatic rings. The first kappa shape index (κ1) is 12.2. The van der Waals surface area contributed by atoms with Crippen LogP contribution >= 0.6 is 23.2 Å². The lowest BCUT2D eigenvalue weighted by Gasteiger charge is -2.11. The number of halogens is 2. The first-order valence-electron chi connectivity index (χ1n) is 5.32. The Morgan fingerprint density at radius 3 is 2.81 bits per heavy atom. The minimum absolute atomic E-state index is 0.0792. The molecule has 88 valence electrons. The van der Waals surface area contributed by atoms with Gasteiger partial charge in [0.25, 0.3) is 0 Å². The van der Waals surface area contributed by atoms with Gasteiger partial charge in [-0.2, -0.15) is 0 Å². The van der Waals surface area contributed by atoms with E-state index in [1.54, 1.807) is 6.07 Å². The summed E-state index contributed by atoms with van der Waals surface area (Å²) in [5, 5.41) is 1.12. The molecule has 0 spiro atoms. The van der Waals surface area contributed by atoms with Gasteiger partial charge in [0, 0.05) is 6.42 Å².